The third-order valence-corrected chi connectivity index (χ3v) is 5.57. The Morgan fingerprint density at radius 1 is 1.00 bits per heavy atom. The normalized spacial score (nSPS) is 23.7. The van der Waals surface area contributed by atoms with E-state index in [9.17, 15) is 28.8 Å². The number of aromatic amines is 1. The van der Waals surface area contributed by atoms with Gasteiger partial charge in [-0.05, 0) is 20.8 Å². The van der Waals surface area contributed by atoms with Crippen LogP contribution in [0.1, 0.15) is 59.3 Å². The van der Waals surface area contributed by atoms with Crippen LogP contribution in [-0.4, -0.2) is 82.1 Å². The molecule has 0 spiro atoms. The minimum atomic E-state index is -1.27. The second kappa shape index (κ2) is 10.7. The zero-order valence-electron chi connectivity index (χ0n) is 21.5. The molecule has 2 saturated heterocycles. The molecule has 14 nitrogen and oxygen atoms in total. The summed E-state index contributed by atoms with van der Waals surface area (Å²) >= 11 is 0. The molecule has 1 amide bonds. The van der Waals surface area contributed by atoms with Crippen LogP contribution in [0.2, 0.25) is 0 Å². The number of rotatable bonds is 6. The number of carbonyl (C=O) groups is 4. The Hall–Kier alpha value is -3.68. The molecule has 1 aromatic rings. The standard InChI is InChI=1S/C23H31N3O11/c1-11(27)33-10-16-18(34-12(2)28)19(35-13(3)29)17(36-16)15-9-26(21(31)24-20(15)30)14-7-25(8-14)22(32)37-23(4,5)6/h9,14,16-19H,7-8,10H2,1-6H3,(H,24,30,31)/t16-,17+,18?,19?/m1/s1. The summed E-state index contributed by atoms with van der Waals surface area (Å²) in [5, 5.41) is 0. The minimum absolute atomic E-state index is 0.0796. The van der Waals surface area contributed by atoms with Gasteiger partial charge in [0.15, 0.2) is 12.2 Å². The number of likely N-dealkylation sites (tertiary alicyclic amines) is 1. The van der Waals surface area contributed by atoms with Gasteiger partial charge in [0.25, 0.3) is 5.56 Å². The van der Waals surface area contributed by atoms with E-state index < -0.39 is 71.3 Å². The lowest BCUT2D eigenvalue weighted by molar-refractivity contribution is -0.165. The lowest BCUT2D eigenvalue weighted by atomic mass is 10.0. The number of ether oxygens (including phenoxy) is 5. The highest BCUT2D eigenvalue weighted by Gasteiger charge is 2.51. The molecule has 204 valence electrons. The quantitative estimate of drug-likeness (QED) is 0.397. The molecule has 2 fully saturated rings. The predicted octanol–water partition coefficient (Wildman–Crippen LogP) is 0.195. The highest BCUT2D eigenvalue weighted by atomic mass is 16.6. The van der Waals surface area contributed by atoms with Gasteiger partial charge in [0.2, 0.25) is 0 Å². The van der Waals surface area contributed by atoms with Crippen molar-refractivity contribution in [3.8, 4) is 0 Å². The first kappa shape index (κ1) is 27.9. The third-order valence-electron chi connectivity index (χ3n) is 5.57. The lowest BCUT2D eigenvalue weighted by Crippen LogP contribution is -2.54. The number of carbonyl (C=O) groups excluding carboxylic acids is 4. The first-order valence-corrected chi connectivity index (χ1v) is 11.6. The molecule has 0 aliphatic carbocycles. The summed E-state index contributed by atoms with van der Waals surface area (Å²) in [5.74, 6) is -2.07. The van der Waals surface area contributed by atoms with E-state index in [0.717, 1.165) is 13.8 Å². The summed E-state index contributed by atoms with van der Waals surface area (Å²) in [6.07, 6.45) is -4.06. The molecule has 2 unspecified atom stereocenters. The zero-order chi connectivity index (χ0) is 27.7. The number of hydrogen-bond acceptors (Lipinski definition) is 11. The van der Waals surface area contributed by atoms with Crippen LogP contribution >= 0.6 is 0 Å². The maximum atomic E-state index is 12.8. The molecule has 2 aliphatic rings. The van der Waals surface area contributed by atoms with Crippen LogP contribution in [0.15, 0.2) is 15.8 Å². The zero-order valence-corrected chi connectivity index (χ0v) is 21.5. The van der Waals surface area contributed by atoms with Crippen molar-refractivity contribution in [1.82, 2.24) is 14.5 Å². The number of hydrogen-bond donors (Lipinski definition) is 1. The molecule has 1 aromatic heterocycles. The van der Waals surface area contributed by atoms with Gasteiger partial charge in [-0.2, -0.15) is 0 Å². The van der Waals surface area contributed by atoms with Crippen molar-refractivity contribution in [3.05, 3.63) is 32.6 Å². The number of aromatic nitrogens is 2. The molecule has 0 bridgehead atoms. The van der Waals surface area contributed by atoms with Crippen LogP contribution < -0.4 is 11.2 Å². The number of esters is 3. The first-order chi connectivity index (χ1) is 17.2. The van der Waals surface area contributed by atoms with Gasteiger partial charge in [-0.25, -0.2) is 9.59 Å². The Balaban J connectivity index is 1.91. The van der Waals surface area contributed by atoms with Crippen molar-refractivity contribution in [3.63, 3.8) is 0 Å². The summed E-state index contributed by atoms with van der Waals surface area (Å²) in [7, 11) is 0. The van der Waals surface area contributed by atoms with Crippen molar-refractivity contribution in [2.75, 3.05) is 19.7 Å². The number of amides is 1. The Kier molecular flexibility index (Phi) is 8.10. The lowest BCUT2D eigenvalue weighted by Gasteiger charge is -2.40. The van der Waals surface area contributed by atoms with Crippen molar-refractivity contribution < 1.29 is 42.9 Å². The smallest absolute Gasteiger partial charge is 0.410 e. The largest absolute Gasteiger partial charge is 0.463 e. The minimum Gasteiger partial charge on any atom is -0.463 e. The van der Waals surface area contributed by atoms with Gasteiger partial charge in [-0.15, -0.1) is 0 Å². The average Bonchev–Trinajstić information content (AvgIpc) is 3.01. The Labute approximate surface area is 211 Å². The van der Waals surface area contributed by atoms with Crippen LogP contribution in [-0.2, 0) is 38.1 Å². The molecule has 4 atom stereocenters. The van der Waals surface area contributed by atoms with Crippen molar-refractivity contribution in [2.24, 2.45) is 0 Å². The molecule has 0 radical (unpaired) electrons. The fourth-order valence-corrected chi connectivity index (χ4v) is 4.05. The number of nitrogens with one attached hydrogen (secondary N) is 1. The van der Waals surface area contributed by atoms with E-state index in [1.54, 1.807) is 20.8 Å². The molecule has 2 aliphatic heterocycles. The van der Waals surface area contributed by atoms with E-state index in [1.165, 1.54) is 22.6 Å². The van der Waals surface area contributed by atoms with Gasteiger partial charge in [0.05, 0.1) is 11.6 Å². The van der Waals surface area contributed by atoms with Crippen LogP contribution in [0, 0.1) is 0 Å². The Morgan fingerprint density at radius 2 is 1.59 bits per heavy atom. The van der Waals surface area contributed by atoms with Crippen molar-refractivity contribution in [2.45, 2.75) is 77.6 Å². The van der Waals surface area contributed by atoms with E-state index in [0.29, 0.717) is 0 Å². The molecule has 1 N–H and O–H groups in total. The SMILES string of the molecule is CC(=O)OC[C@H]1O[C@@H](c2cn(C3CN(C(=O)OC(C)(C)C)C3)c(=O)[nH]c2=O)C(OC(C)=O)C1OC(C)=O. The van der Waals surface area contributed by atoms with Crippen LogP contribution in [0.25, 0.3) is 0 Å². The fraction of sp³-hybridized carbons (Fsp3) is 0.652. The molecule has 14 heteroatoms. The summed E-state index contributed by atoms with van der Waals surface area (Å²) in [6, 6.07) is -0.467. The number of H-pyrrole nitrogens is 1. The molecule has 3 rings (SSSR count). The van der Waals surface area contributed by atoms with E-state index in [2.05, 4.69) is 4.98 Å². The second-order valence-corrected chi connectivity index (χ2v) is 9.84. The van der Waals surface area contributed by atoms with E-state index in [-0.39, 0.29) is 25.3 Å². The summed E-state index contributed by atoms with van der Waals surface area (Å²) in [4.78, 5) is 76.2. The summed E-state index contributed by atoms with van der Waals surface area (Å²) < 4.78 is 28.1. The van der Waals surface area contributed by atoms with Crippen LogP contribution in [0.4, 0.5) is 4.79 Å². The van der Waals surface area contributed by atoms with E-state index in [4.69, 9.17) is 23.7 Å². The molecule has 37 heavy (non-hydrogen) atoms. The Bertz CT molecular complexity index is 1180. The van der Waals surface area contributed by atoms with Gasteiger partial charge in [-0.1, -0.05) is 0 Å². The topological polar surface area (TPSA) is 173 Å². The summed E-state index contributed by atoms with van der Waals surface area (Å²) in [5.41, 5.74) is -2.28. The average molecular weight is 526 g/mol. The van der Waals surface area contributed by atoms with Crippen molar-refractivity contribution >= 4 is 24.0 Å². The van der Waals surface area contributed by atoms with Gasteiger partial charge in [0.1, 0.15) is 24.4 Å². The van der Waals surface area contributed by atoms with Crippen molar-refractivity contribution in [1.29, 1.82) is 0 Å². The number of nitrogens with zero attached hydrogens (tertiary/aromatic N) is 2. The van der Waals surface area contributed by atoms with Crippen LogP contribution in [0.3, 0.4) is 0 Å². The monoisotopic (exact) mass is 525 g/mol. The maximum absolute atomic E-state index is 12.8. The Morgan fingerprint density at radius 3 is 2.14 bits per heavy atom. The van der Waals surface area contributed by atoms with E-state index >= 15 is 0 Å². The first-order valence-electron chi connectivity index (χ1n) is 11.6. The summed E-state index contributed by atoms with van der Waals surface area (Å²) in [6.45, 7) is 8.63. The molecule has 0 aromatic carbocycles. The second-order valence-electron chi connectivity index (χ2n) is 9.84. The predicted molar refractivity (Wildman–Crippen MR) is 124 cm³/mol. The molecular weight excluding hydrogens is 494 g/mol. The molecule has 3 heterocycles. The van der Waals surface area contributed by atoms with Gasteiger partial charge in [-0.3, -0.25) is 28.7 Å². The third kappa shape index (κ3) is 6.76. The highest BCUT2D eigenvalue weighted by molar-refractivity contribution is 5.69. The van der Waals surface area contributed by atoms with Gasteiger partial charge >= 0.3 is 29.7 Å². The van der Waals surface area contributed by atoms with Gasteiger partial charge in [0, 0.05) is 40.1 Å². The molecule has 0 saturated carbocycles. The highest BCUT2D eigenvalue weighted by Crippen LogP contribution is 2.37. The van der Waals surface area contributed by atoms with E-state index in [1.807, 2.05) is 0 Å². The van der Waals surface area contributed by atoms with Gasteiger partial charge < -0.3 is 28.6 Å². The molecular formula is C23H31N3O11. The van der Waals surface area contributed by atoms with Crippen LogP contribution in [0.5, 0.6) is 0 Å². The fourth-order valence-electron chi connectivity index (χ4n) is 4.05. The maximum Gasteiger partial charge on any atom is 0.410 e.